The van der Waals surface area contributed by atoms with E-state index in [1.54, 1.807) is 7.11 Å². The summed E-state index contributed by atoms with van der Waals surface area (Å²) in [5.74, 6) is 0.788. The summed E-state index contributed by atoms with van der Waals surface area (Å²) in [5.41, 5.74) is 1.08. The van der Waals surface area contributed by atoms with Crippen LogP contribution in [-0.4, -0.2) is 46.5 Å². The number of ether oxygens (including phenoxy) is 2. The Morgan fingerprint density at radius 1 is 1.28 bits per heavy atom. The molecule has 1 heterocycles. The zero-order chi connectivity index (χ0) is 12.8. The first-order valence-electron chi connectivity index (χ1n) is 6.18. The van der Waals surface area contributed by atoms with E-state index in [2.05, 4.69) is 10.2 Å². The summed E-state index contributed by atoms with van der Waals surface area (Å²) in [6.45, 7) is 5.11. The van der Waals surface area contributed by atoms with Gasteiger partial charge in [-0.2, -0.15) is 0 Å². The lowest BCUT2D eigenvalue weighted by molar-refractivity contribution is 0.146. The molecule has 0 amide bonds. The second kappa shape index (κ2) is 6.83. The molecule has 0 bridgehead atoms. The summed E-state index contributed by atoms with van der Waals surface area (Å²) >= 11 is 6.30. The van der Waals surface area contributed by atoms with Crippen molar-refractivity contribution in [2.75, 3.05) is 51.4 Å². The average Bonchev–Trinajstić information content (AvgIpc) is 2.40. The molecule has 0 aromatic heterocycles. The first-order valence-corrected chi connectivity index (χ1v) is 6.56. The van der Waals surface area contributed by atoms with Gasteiger partial charge in [0.05, 0.1) is 17.3 Å². The molecule has 0 spiro atoms. The molecule has 1 aromatic rings. The Labute approximate surface area is 113 Å². The molecular formula is C13H19ClN2O2. The molecule has 1 aliphatic rings. The Hall–Kier alpha value is -0.970. The number of benzene rings is 1. The maximum absolute atomic E-state index is 6.30. The third-order valence-electron chi connectivity index (χ3n) is 2.93. The van der Waals surface area contributed by atoms with Crippen LogP contribution in [0.3, 0.4) is 0 Å². The zero-order valence-electron chi connectivity index (χ0n) is 10.6. The fraction of sp³-hybridized carbons (Fsp3) is 0.538. The Morgan fingerprint density at radius 2 is 2.06 bits per heavy atom. The van der Waals surface area contributed by atoms with E-state index >= 15 is 0 Å². The van der Waals surface area contributed by atoms with Crippen molar-refractivity contribution in [2.45, 2.75) is 0 Å². The minimum absolute atomic E-state index is 0.541. The van der Waals surface area contributed by atoms with Crippen molar-refractivity contribution in [3.63, 3.8) is 0 Å². The number of halogens is 1. The topological polar surface area (TPSA) is 33.7 Å². The first kappa shape index (κ1) is 13.5. The fourth-order valence-corrected chi connectivity index (χ4v) is 2.27. The fourth-order valence-electron chi connectivity index (χ4n) is 1.98. The van der Waals surface area contributed by atoms with Gasteiger partial charge in [-0.25, -0.2) is 0 Å². The molecule has 0 atom stereocenters. The van der Waals surface area contributed by atoms with E-state index in [0.29, 0.717) is 13.2 Å². The lowest BCUT2D eigenvalue weighted by Gasteiger charge is -2.30. The van der Waals surface area contributed by atoms with E-state index in [0.717, 1.165) is 42.6 Å². The van der Waals surface area contributed by atoms with Crippen LogP contribution in [0.5, 0.6) is 5.75 Å². The van der Waals surface area contributed by atoms with Gasteiger partial charge < -0.3 is 19.7 Å². The van der Waals surface area contributed by atoms with Crippen molar-refractivity contribution >= 4 is 17.3 Å². The minimum atomic E-state index is 0.541. The maximum atomic E-state index is 6.30. The number of nitrogens with one attached hydrogen (secondary N) is 1. The highest BCUT2D eigenvalue weighted by molar-refractivity contribution is 6.33. The molecule has 1 saturated heterocycles. The molecule has 100 valence electrons. The monoisotopic (exact) mass is 270 g/mol. The summed E-state index contributed by atoms with van der Waals surface area (Å²) in [7, 11) is 1.66. The maximum Gasteiger partial charge on any atom is 0.121 e. The molecule has 1 fully saturated rings. The number of nitrogens with zero attached hydrogens (tertiary/aromatic N) is 1. The molecule has 0 saturated carbocycles. The number of hydrogen-bond donors (Lipinski definition) is 1. The number of rotatable bonds is 5. The molecule has 0 radical (unpaired) electrons. The summed E-state index contributed by atoms with van der Waals surface area (Å²) in [5, 5.41) is 4.07. The molecule has 2 rings (SSSR count). The molecule has 1 aliphatic heterocycles. The predicted molar refractivity (Wildman–Crippen MR) is 73.9 cm³/mol. The van der Waals surface area contributed by atoms with Gasteiger partial charge in [0.25, 0.3) is 0 Å². The van der Waals surface area contributed by atoms with E-state index in [9.17, 15) is 0 Å². The Morgan fingerprint density at radius 3 is 2.72 bits per heavy atom. The summed E-state index contributed by atoms with van der Waals surface area (Å²) in [6, 6.07) is 5.85. The summed E-state index contributed by atoms with van der Waals surface area (Å²) in [6.07, 6.45) is 0. The van der Waals surface area contributed by atoms with E-state index < -0.39 is 0 Å². The highest BCUT2D eigenvalue weighted by Crippen LogP contribution is 2.30. The van der Waals surface area contributed by atoms with Crippen LogP contribution < -0.4 is 15.0 Å². The molecule has 1 N–H and O–H groups in total. The number of methoxy groups -OCH3 is 1. The number of piperazine rings is 1. The SMILES string of the molecule is COCCOc1ccc(N2CCNCC2)c(Cl)c1. The third kappa shape index (κ3) is 3.51. The molecule has 4 nitrogen and oxygen atoms in total. The number of hydrogen-bond acceptors (Lipinski definition) is 4. The van der Waals surface area contributed by atoms with Crippen molar-refractivity contribution in [3.05, 3.63) is 23.2 Å². The normalized spacial score (nSPS) is 15.8. The van der Waals surface area contributed by atoms with Crippen LogP contribution in [0.2, 0.25) is 5.02 Å². The van der Waals surface area contributed by atoms with Crippen LogP contribution in [0.25, 0.3) is 0 Å². The van der Waals surface area contributed by atoms with Crippen molar-refractivity contribution in [1.29, 1.82) is 0 Å². The lowest BCUT2D eigenvalue weighted by Crippen LogP contribution is -2.43. The largest absolute Gasteiger partial charge is 0.491 e. The van der Waals surface area contributed by atoms with Gasteiger partial charge >= 0.3 is 0 Å². The van der Waals surface area contributed by atoms with Crippen molar-refractivity contribution in [1.82, 2.24) is 5.32 Å². The second-order valence-electron chi connectivity index (χ2n) is 4.19. The van der Waals surface area contributed by atoms with Gasteiger partial charge in [-0.1, -0.05) is 11.6 Å². The van der Waals surface area contributed by atoms with Gasteiger partial charge in [-0.05, 0) is 12.1 Å². The van der Waals surface area contributed by atoms with Crippen molar-refractivity contribution < 1.29 is 9.47 Å². The quantitative estimate of drug-likeness (QED) is 0.827. The van der Waals surface area contributed by atoms with Crippen molar-refractivity contribution in [2.24, 2.45) is 0 Å². The summed E-state index contributed by atoms with van der Waals surface area (Å²) in [4.78, 5) is 2.29. The van der Waals surface area contributed by atoms with Crippen LogP contribution in [0.4, 0.5) is 5.69 Å². The Kier molecular flexibility index (Phi) is 5.11. The van der Waals surface area contributed by atoms with Crippen LogP contribution in [0.15, 0.2) is 18.2 Å². The Balaban J connectivity index is 2.00. The predicted octanol–water partition coefficient (Wildman–Crippen LogP) is 1.77. The van der Waals surface area contributed by atoms with Gasteiger partial charge in [0.15, 0.2) is 0 Å². The van der Waals surface area contributed by atoms with Crippen LogP contribution in [0, 0.1) is 0 Å². The highest BCUT2D eigenvalue weighted by atomic mass is 35.5. The van der Waals surface area contributed by atoms with E-state index in [4.69, 9.17) is 21.1 Å². The minimum Gasteiger partial charge on any atom is -0.491 e. The van der Waals surface area contributed by atoms with E-state index in [1.165, 1.54) is 0 Å². The molecule has 0 aliphatic carbocycles. The van der Waals surface area contributed by atoms with Gasteiger partial charge in [-0.3, -0.25) is 0 Å². The van der Waals surface area contributed by atoms with Gasteiger partial charge in [-0.15, -0.1) is 0 Å². The molecule has 5 heteroatoms. The van der Waals surface area contributed by atoms with E-state index in [-0.39, 0.29) is 0 Å². The van der Waals surface area contributed by atoms with Crippen LogP contribution in [0.1, 0.15) is 0 Å². The first-order chi connectivity index (χ1) is 8.81. The van der Waals surface area contributed by atoms with Crippen LogP contribution >= 0.6 is 11.6 Å². The standard InChI is InChI=1S/C13H19ClN2O2/c1-17-8-9-18-11-2-3-13(12(14)10-11)16-6-4-15-5-7-16/h2-3,10,15H,4-9H2,1H3. The van der Waals surface area contributed by atoms with Gasteiger partial charge in [0.2, 0.25) is 0 Å². The summed E-state index contributed by atoms with van der Waals surface area (Å²) < 4.78 is 10.5. The molecule has 18 heavy (non-hydrogen) atoms. The van der Waals surface area contributed by atoms with Crippen LogP contribution in [-0.2, 0) is 4.74 Å². The van der Waals surface area contributed by atoms with Crippen molar-refractivity contribution in [3.8, 4) is 5.75 Å². The van der Waals surface area contributed by atoms with Gasteiger partial charge in [0, 0.05) is 39.4 Å². The smallest absolute Gasteiger partial charge is 0.121 e. The van der Waals surface area contributed by atoms with Gasteiger partial charge in [0.1, 0.15) is 12.4 Å². The number of anilines is 1. The van der Waals surface area contributed by atoms with E-state index in [1.807, 2.05) is 18.2 Å². The zero-order valence-corrected chi connectivity index (χ0v) is 11.4. The molecule has 0 unspecified atom stereocenters. The lowest BCUT2D eigenvalue weighted by atomic mass is 10.2. The molecular weight excluding hydrogens is 252 g/mol. The third-order valence-corrected chi connectivity index (χ3v) is 3.24. The average molecular weight is 271 g/mol. The second-order valence-corrected chi connectivity index (χ2v) is 4.60. The highest BCUT2D eigenvalue weighted by Gasteiger charge is 2.13. The Bertz CT molecular complexity index is 381. The molecule has 1 aromatic carbocycles.